The van der Waals surface area contributed by atoms with Crippen molar-refractivity contribution < 1.29 is 26.4 Å². The molecular weight excluding hydrogens is 425 g/mol. The number of sulfonamides is 1. The van der Waals surface area contributed by atoms with E-state index >= 15 is 0 Å². The summed E-state index contributed by atoms with van der Waals surface area (Å²) >= 11 is 0.763. The second-order valence-corrected chi connectivity index (χ2v) is 10.2. The van der Waals surface area contributed by atoms with Crippen LogP contribution >= 0.6 is 11.3 Å². The Morgan fingerprint density at radius 2 is 1.93 bits per heavy atom. The molecule has 0 bridgehead atoms. The highest BCUT2D eigenvalue weighted by Gasteiger charge is 2.49. The van der Waals surface area contributed by atoms with Crippen molar-refractivity contribution in [3.8, 4) is 11.1 Å². The Hall–Kier alpha value is -1.91. The Morgan fingerprint density at radius 1 is 1.24 bits per heavy atom. The van der Waals surface area contributed by atoms with E-state index in [9.17, 15) is 26.4 Å². The number of rotatable bonds is 5. The number of benzene rings is 1. The number of halogens is 3. The SMILES string of the molecule is CS(=O)(=O)N[C@H]1CCN(C(=O)[C@H]2C[C@@H]2c2c(-c3c(F)cccc3F)csc2F)C1. The molecule has 0 unspecified atom stereocenters. The first kappa shape index (κ1) is 20.4. The highest BCUT2D eigenvalue weighted by Crippen LogP contribution is 2.54. The first-order valence-electron chi connectivity index (χ1n) is 9.13. The van der Waals surface area contributed by atoms with Gasteiger partial charge < -0.3 is 4.90 Å². The van der Waals surface area contributed by atoms with Crippen LogP contribution in [0, 0.1) is 22.7 Å². The summed E-state index contributed by atoms with van der Waals surface area (Å²) in [6, 6.07) is 3.14. The fourth-order valence-electron chi connectivity index (χ4n) is 4.02. The quantitative estimate of drug-likeness (QED) is 0.771. The van der Waals surface area contributed by atoms with Gasteiger partial charge in [-0.25, -0.2) is 21.9 Å². The van der Waals surface area contributed by atoms with Crippen molar-refractivity contribution in [2.75, 3.05) is 19.3 Å². The van der Waals surface area contributed by atoms with E-state index in [0.29, 0.717) is 19.4 Å². The molecule has 29 heavy (non-hydrogen) atoms. The highest BCUT2D eigenvalue weighted by atomic mass is 32.2. The molecule has 1 amide bonds. The molecule has 10 heteroatoms. The lowest BCUT2D eigenvalue weighted by Crippen LogP contribution is -2.38. The van der Waals surface area contributed by atoms with Gasteiger partial charge in [0.15, 0.2) is 5.13 Å². The maximum Gasteiger partial charge on any atom is 0.226 e. The molecule has 156 valence electrons. The Morgan fingerprint density at radius 3 is 2.59 bits per heavy atom. The molecule has 5 nitrogen and oxygen atoms in total. The summed E-state index contributed by atoms with van der Waals surface area (Å²) in [5.41, 5.74) is 0.0585. The third-order valence-electron chi connectivity index (χ3n) is 5.37. The van der Waals surface area contributed by atoms with E-state index in [0.717, 1.165) is 29.7 Å². The molecule has 0 radical (unpaired) electrons. The first-order valence-corrected chi connectivity index (χ1v) is 11.9. The van der Waals surface area contributed by atoms with E-state index in [1.807, 2.05) is 0 Å². The molecule has 4 rings (SSSR count). The van der Waals surface area contributed by atoms with Crippen molar-refractivity contribution >= 4 is 27.3 Å². The molecule has 1 aromatic carbocycles. The molecule has 3 atom stereocenters. The monoisotopic (exact) mass is 444 g/mol. The van der Waals surface area contributed by atoms with Crippen LogP contribution in [-0.4, -0.2) is 44.6 Å². The fourth-order valence-corrected chi connectivity index (χ4v) is 5.67. The predicted molar refractivity (Wildman–Crippen MR) is 103 cm³/mol. The molecule has 1 aliphatic heterocycles. The van der Waals surface area contributed by atoms with E-state index in [-0.39, 0.29) is 35.2 Å². The van der Waals surface area contributed by atoms with Crippen LogP contribution in [-0.2, 0) is 14.8 Å². The summed E-state index contributed by atoms with van der Waals surface area (Å²) in [6.07, 6.45) is 1.97. The smallest absolute Gasteiger partial charge is 0.226 e. The lowest BCUT2D eigenvalue weighted by molar-refractivity contribution is -0.131. The third kappa shape index (κ3) is 4.06. The topological polar surface area (TPSA) is 66.5 Å². The maximum absolute atomic E-state index is 14.5. The van der Waals surface area contributed by atoms with E-state index < -0.39 is 38.6 Å². The summed E-state index contributed by atoms with van der Waals surface area (Å²) < 4.78 is 68.1. The molecule has 1 N–H and O–H groups in total. The summed E-state index contributed by atoms with van der Waals surface area (Å²) in [6.45, 7) is 0.673. The zero-order chi connectivity index (χ0) is 20.9. The molecule has 2 heterocycles. The molecule has 1 aliphatic carbocycles. The van der Waals surface area contributed by atoms with Crippen LogP contribution in [0.5, 0.6) is 0 Å². The van der Waals surface area contributed by atoms with Gasteiger partial charge in [-0.15, -0.1) is 11.3 Å². The van der Waals surface area contributed by atoms with Crippen LogP contribution in [0.15, 0.2) is 23.6 Å². The maximum atomic E-state index is 14.5. The van der Waals surface area contributed by atoms with E-state index in [2.05, 4.69) is 4.72 Å². The number of carbonyl (C=O) groups excluding carboxylic acids is 1. The number of thiophene rings is 1. The van der Waals surface area contributed by atoms with Gasteiger partial charge in [-0.05, 0) is 25.0 Å². The number of hydrogen-bond acceptors (Lipinski definition) is 4. The number of nitrogens with zero attached hydrogens (tertiary/aromatic N) is 1. The minimum Gasteiger partial charge on any atom is -0.341 e. The van der Waals surface area contributed by atoms with Crippen molar-refractivity contribution in [2.45, 2.75) is 24.8 Å². The molecule has 2 fully saturated rings. The van der Waals surface area contributed by atoms with Gasteiger partial charge in [0, 0.05) is 47.5 Å². The molecular formula is C19H19F3N2O3S2. The van der Waals surface area contributed by atoms with Gasteiger partial charge in [0.1, 0.15) is 11.6 Å². The van der Waals surface area contributed by atoms with Crippen molar-refractivity contribution in [1.82, 2.24) is 9.62 Å². The number of likely N-dealkylation sites (tertiary alicyclic amines) is 1. The summed E-state index contributed by atoms with van der Waals surface area (Å²) in [4.78, 5) is 14.4. The molecule has 1 saturated carbocycles. The lowest BCUT2D eigenvalue weighted by Gasteiger charge is -2.17. The van der Waals surface area contributed by atoms with E-state index in [1.165, 1.54) is 11.4 Å². The molecule has 1 saturated heterocycles. The second-order valence-electron chi connectivity index (χ2n) is 7.54. The van der Waals surface area contributed by atoms with Crippen molar-refractivity contribution in [1.29, 1.82) is 0 Å². The summed E-state index contributed by atoms with van der Waals surface area (Å²) in [5, 5.41) is 0.842. The van der Waals surface area contributed by atoms with Gasteiger partial charge >= 0.3 is 0 Å². The number of carbonyl (C=O) groups is 1. The zero-order valence-corrected chi connectivity index (χ0v) is 17.1. The van der Waals surface area contributed by atoms with E-state index in [1.54, 1.807) is 4.90 Å². The predicted octanol–water partition coefficient (Wildman–Crippen LogP) is 3.09. The molecule has 0 spiro atoms. The minimum absolute atomic E-state index is 0.154. The van der Waals surface area contributed by atoms with Crippen LogP contribution < -0.4 is 4.72 Å². The van der Waals surface area contributed by atoms with Crippen LogP contribution in [0.4, 0.5) is 13.2 Å². The van der Waals surface area contributed by atoms with Gasteiger partial charge in [0.25, 0.3) is 0 Å². The number of nitrogens with one attached hydrogen (secondary N) is 1. The van der Waals surface area contributed by atoms with Gasteiger partial charge in [-0.1, -0.05) is 6.07 Å². The Labute approximate surface area is 170 Å². The van der Waals surface area contributed by atoms with Crippen LogP contribution in [0.3, 0.4) is 0 Å². The lowest BCUT2D eigenvalue weighted by atomic mass is 9.99. The van der Waals surface area contributed by atoms with Crippen molar-refractivity contribution in [3.63, 3.8) is 0 Å². The van der Waals surface area contributed by atoms with Gasteiger partial charge in [0.05, 0.1) is 11.8 Å². The standard InChI is InChI=1S/C19H19F3N2O3S2/c1-29(26,27)23-10-5-6-24(8-10)19(25)12-7-11(12)16-13(9-28-18(16)22)17-14(20)3-2-4-15(17)21/h2-4,9-12,23H,5-8H2,1H3/t10-,11-,12-/m0/s1. The zero-order valence-electron chi connectivity index (χ0n) is 15.5. The second kappa shape index (κ2) is 7.41. The van der Waals surface area contributed by atoms with Crippen LogP contribution in [0.1, 0.15) is 24.3 Å². The average molecular weight is 445 g/mol. The fraction of sp³-hybridized carbons (Fsp3) is 0.421. The van der Waals surface area contributed by atoms with Crippen LogP contribution in [0.25, 0.3) is 11.1 Å². The molecule has 1 aromatic heterocycles. The van der Waals surface area contributed by atoms with Gasteiger partial charge in [0.2, 0.25) is 15.9 Å². The largest absolute Gasteiger partial charge is 0.341 e. The first-order chi connectivity index (χ1) is 13.7. The molecule has 2 aliphatic rings. The number of amides is 1. The van der Waals surface area contributed by atoms with E-state index in [4.69, 9.17) is 0 Å². The Bertz CT molecular complexity index is 1050. The third-order valence-corrected chi connectivity index (χ3v) is 6.92. The van der Waals surface area contributed by atoms with Crippen molar-refractivity contribution in [3.05, 3.63) is 45.9 Å². The van der Waals surface area contributed by atoms with Crippen LogP contribution in [0.2, 0.25) is 0 Å². The highest BCUT2D eigenvalue weighted by molar-refractivity contribution is 7.88. The Kier molecular flexibility index (Phi) is 5.20. The normalized spacial score (nSPS) is 24.1. The minimum atomic E-state index is -3.36. The van der Waals surface area contributed by atoms with Crippen molar-refractivity contribution in [2.24, 2.45) is 5.92 Å². The van der Waals surface area contributed by atoms with Gasteiger partial charge in [-0.2, -0.15) is 4.39 Å². The summed E-state index contributed by atoms with van der Waals surface area (Å²) in [7, 11) is -3.36. The Balaban J connectivity index is 1.52. The number of hydrogen-bond donors (Lipinski definition) is 1. The average Bonchev–Trinajstić information content (AvgIpc) is 3.11. The molecule has 2 aromatic rings. The van der Waals surface area contributed by atoms with Gasteiger partial charge in [-0.3, -0.25) is 4.79 Å². The summed E-state index contributed by atoms with van der Waals surface area (Å²) in [5.74, 6) is -2.64.